The second-order valence-corrected chi connectivity index (χ2v) is 9.67. The average molecular weight is 427 g/mol. The summed E-state index contributed by atoms with van der Waals surface area (Å²) in [5.41, 5.74) is 2.07. The summed E-state index contributed by atoms with van der Waals surface area (Å²) in [5, 5.41) is 2.98. The van der Waals surface area contributed by atoms with Gasteiger partial charge in [-0.2, -0.15) is 0 Å². The van der Waals surface area contributed by atoms with E-state index in [9.17, 15) is 9.59 Å². The van der Waals surface area contributed by atoms with Crippen LogP contribution in [0.1, 0.15) is 46.3 Å². The Morgan fingerprint density at radius 2 is 1.90 bits per heavy atom. The van der Waals surface area contributed by atoms with E-state index in [2.05, 4.69) is 18.3 Å². The molecule has 5 rings (SSSR count). The summed E-state index contributed by atoms with van der Waals surface area (Å²) in [6, 6.07) is 7.53. The zero-order valence-corrected chi connectivity index (χ0v) is 17.9. The van der Waals surface area contributed by atoms with Crippen molar-refractivity contribution in [3.8, 4) is 11.5 Å². The number of aryl methyl sites for hydroxylation is 1. The lowest BCUT2D eigenvalue weighted by atomic mass is 9.90. The fourth-order valence-electron chi connectivity index (χ4n) is 4.53. The van der Waals surface area contributed by atoms with Crippen molar-refractivity contribution in [3.63, 3.8) is 0 Å². The quantitative estimate of drug-likeness (QED) is 0.803. The standard InChI is InChI=1S/C23H26N2O4S/c1-14-2-5-20-16(10-14)11-21(30-20)23(27)25-8-6-15(7-9-25)22(26)24-17-3-4-18-19(12-17)29-13-28-18/h3-4,11-12,14-15H,2,5-10,13H2,1H3,(H,24,26)/t14-/m1/s1. The summed E-state index contributed by atoms with van der Waals surface area (Å²) in [5.74, 6) is 2.09. The van der Waals surface area contributed by atoms with E-state index in [1.807, 2.05) is 11.0 Å². The number of nitrogens with zero attached hydrogens (tertiary/aromatic N) is 1. The number of nitrogens with one attached hydrogen (secondary N) is 1. The van der Waals surface area contributed by atoms with Gasteiger partial charge < -0.3 is 19.7 Å². The first-order chi connectivity index (χ1) is 14.6. The zero-order chi connectivity index (χ0) is 20.7. The van der Waals surface area contributed by atoms with Crippen molar-refractivity contribution < 1.29 is 19.1 Å². The highest BCUT2D eigenvalue weighted by Crippen LogP contribution is 2.35. The van der Waals surface area contributed by atoms with Crippen molar-refractivity contribution in [1.29, 1.82) is 0 Å². The van der Waals surface area contributed by atoms with Crippen molar-refractivity contribution >= 4 is 28.8 Å². The number of fused-ring (bicyclic) bond motifs is 2. The third-order valence-corrected chi connectivity index (χ3v) is 7.56. The van der Waals surface area contributed by atoms with Gasteiger partial charge >= 0.3 is 0 Å². The third kappa shape index (κ3) is 3.78. The first-order valence-electron chi connectivity index (χ1n) is 10.7. The highest BCUT2D eigenvalue weighted by Gasteiger charge is 2.30. The van der Waals surface area contributed by atoms with E-state index in [4.69, 9.17) is 9.47 Å². The number of amides is 2. The number of carbonyl (C=O) groups is 2. The van der Waals surface area contributed by atoms with Crippen molar-refractivity contribution in [1.82, 2.24) is 4.90 Å². The summed E-state index contributed by atoms with van der Waals surface area (Å²) in [6.45, 7) is 3.74. The van der Waals surface area contributed by atoms with E-state index in [1.165, 1.54) is 16.9 Å². The number of anilines is 1. The summed E-state index contributed by atoms with van der Waals surface area (Å²) in [7, 11) is 0. The number of hydrogen-bond acceptors (Lipinski definition) is 5. The number of likely N-dealkylation sites (tertiary alicyclic amines) is 1. The van der Waals surface area contributed by atoms with Gasteiger partial charge in [-0.05, 0) is 61.8 Å². The highest BCUT2D eigenvalue weighted by molar-refractivity contribution is 7.14. The molecule has 1 atom stereocenters. The van der Waals surface area contributed by atoms with Crippen LogP contribution >= 0.6 is 11.3 Å². The monoisotopic (exact) mass is 426 g/mol. The molecule has 1 N–H and O–H groups in total. The minimum atomic E-state index is -0.0862. The van der Waals surface area contributed by atoms with Gasteiger partial charge in [0.05, 0.1) is 4.88 Å². The van der Waals surface area contributed by atoms with E-state index in [0.29, 0.717) is 49.0 Å². The Hall–Kier alpha value is -2.54. The first-order valence-corrected chi connectivity index (χ1v) is 11.5. The lowest BCUT2D eigenvalue weighted by Crippen LogP contribution is -2.41. The van der Waals surface area contributed by atoms with E-state index in [-0.39, 0.29) is 24.5 Å². The van der Waals surface area contributed by atoms with Crippen molar-refractivity contribution in [2.24, 2.45) is 11.8 Å². The van der Waals surface area contributed by atoms with Crippen LogP contribution in [0.3, 0.4) is 0 Å². The second kappa shape index (κ2) is 7.95. The average Bonchev–Trinajstić information content (AvgIpc) is 3.39. The minimum Gasteiger partial charge on any atom is -0.454 e. The fourth-order valence-corrected chi connectivity index (χ4v) is 5.71. The molecule has 1 fully saturated rings. The van der Waals surface area contributed by atoms with E-state index >= 15 is 0 Å². The number of hydrogen-bond donors (Lipinski definition) is 1. The number of thiophene rings is 1. The summed E-state index contributed by atoms with van der Waals surface area (Å²) in [6.07, 6.45) is 4.76. The molecule has 0 spiro atoms. The molecule has 0 radical (unpaired) electrons. The predicted octanol–water partition coefficient (Wildman–Crippen LogP) is 4.09. The van der Waals surface area contributed by atoms with Crippen LogP contribution in [0.2, 0.25) is 0 Å². The molecule has 3 aliphatic rings. The van der Waals surface area contributed by atoms with E-state index in [0.717, 1.165) is 17.7 Å². The van der Waals surface area contributed by atoms with Gasteiger partial charge in [-0.3, -0.25) is 9.59 Å². The molecule has 1 aliphatic carbocycles. The number of ether oxygens (including phenoxy) is 2. The fraction of sp³-hybridized carbons (Fsp3) is 0.478. The lowest BCUT2D eigenvalue weighted by molar-refractivity contribution is -0.121. The Labute approximate surface area is 180 Å². The SMILES string of the molecule is C[C@@H]1CCc2sc(C(=O)N3CCC(C(=O)Nc4ccc5c(c4)OCO5)CC3)cc2C1. The molecule has 0 unspecified atom stereocenters. The van der Waals surface area contributed by atoms with Crippen molar-refractivity contribution in [2.45, 2.75) is 39.0 Å². The number of benzene rings is 1. The normalized spacial score (nSPS) is 20.7. The van der Waals surface area contributed by atoms with Gasteiger partial charge in [0.2, 0.25) is 12.7 Å². The van der Waals surface area contributed by atoms with E-state index in [1.54, 1.807) is 23.5 Å². The zero-order valence-electron chi connectivity index (χ0n) is 17.1. The number of carbonyl (C=O) groups excluding carboxylic acids is 2. The Morgan fingerprint density at radius 3 is 2.73 bits per heavy atom. The van der Waals surface area contributed by atoms with Crippen molar-refractivity contribution in [2.75, 3.05) is 25.2 Å². The van der Waals surface area contributed by atoms with Crippen LogP contribution in [0.15, 0.2) is 24.3 Å². The predicted molar refractivity (Wildman–Crippen MR) is 115 cm³/mol. The summed E-state index contributed by atoms with van der Waals surface area (Å²) in [4.78, 5) is 29.8. The molecule has 7 heteroatoms. The Morgan fingerprint density at radius 1 is 1.10 bits per heavy atom. The number of piperidine rings is 1. The van der Waals surface area contributed by atoms with Gasteiger partial charge in [0.25, 0.3) is 5.91 Å². The van der Waals surface area contributed by atoms with Crippen LogP contribution < -0.4 is 14.8 Å². The molecule has 2 amide bonds. The first kappa shape index (κ1) is 19.4. The molecule has 1 saturated heterocycles. The Balaban J connectivity index is 1.17. The molecule has 1 aromatic heterocycles. The van der Waals surface area contributed by atoms with Crippen LogP contribution in [-0.2, 0) is 17.6 Å². The number of rotatable bonds is 3. The molecular formula is C23H26N2O4S. The van der Waals surface area contributed by atoms with Gasteiger partial charge in [-0.1, -0.05) is 6.92 Å². The maximum Gasteiger partial charge on any atom is 0.263 e. The van der Waals surface area contributed by atoms with Crippen LogP contribution in [0, 0.1) is 11.8 Å². The van der Waals surface area contributed by atoms with Crippen LogP contribution in [0.5, 0.6) is 11.5 Å². The molecule has 1 aromatic carbocycles. The van der Waals surface area contributed by atoms with Gasteiger partial charge in [0.15, 0.2) is 11.5 Å². The molecule has 2 aliphatic heterocycles. The topological polar surface area (TPSA) is 67.9 Å². The molecule has 0 bridgehead atoms. The maximum atomic E-state index is 13.0. The van der Waals surface area contributed by atoms with Crippen LogP contribution in [-0.4, -0.2) is 36.6 Å². The lowest BCUT2D eigenvalue weighted by Gasteiger charge is -2.31. The minimum absolute atomic E-state index is 0.00143. The molecule has 30 heavy (non-hydrogen) atoms. The van der Waals surface area contributed by atoms with E-state index < -0.39 is 0 Å². The molecular weight excluding hydrogens is 400 g/mol. The molecule has 2 aromatic rings. The molecule has 3 heterocycles. The smallest absolute Gasteiger partial charge is 0.263 e. The summed E-state index contributed by atoms with van der Waals surface area (Å²) < 4.78 is 10.7. The van der Waals surface area contributed by atoms with Gasteiger partial charge in [-0.25, -0.2) is 0 Å². The molecule has 0 saturated carbocycles. The largest absolute Gasteiger partial charge is 0.454 e. The van der Waals surface area contributed by atoms with Gasteiger partial charge in [-0.15, -0.1) is 11.3 Å². The Bertz CT molecular complexity index is 978. The molecule has 158 valence electrons. The van der Waals surface area contributed by atoms with Crippen LogP contribution in [0.4, 0.5) is 5.69 Å². The van der Waals surface area contributed by atoms with Gasteiger partial charge in [0, 0.05) is 35.6 Å². The third-order valence-electron chi connectivity index (χ3n) is 6.33. The highest BCUT2D eigenvalue weighted by atomic mass is 32.1. The second-order valence-electron chi connectivity index (χ2n) is 8.53. The molecule has 6 nitrogen and oxygen atoms in total. The Kier molecular flexibility index (Phi) is 5.15. The van der Waals surface area contributed by atoms with Crippen molar-refractivity contribution in [3.05, 3.63) is 39.6 Å². The maximum absolute atomic E-state index is 13.0. The van der Waals surface area contributed by atoms with Crippen LogP contribution in [0.25, 0.3) is 0 Å². The van der Waals surface area contributed by atoms with Gasteiger partial charge in [0.1, 0.15) is 0 Å². The summed E-state index contributed by atoms with van der Waals surface area (Å²) >= 11 is 1.67.